The van der Waals surface area contributed by atoms with Crippen LogP contribution in [-0.2, 0) is 14.3 Å². The Morgan fingerprint density at radius 3 is 2.21 bits per heavy atom. The molecule has 0 aliphatic carbocycles. The highest BCUT2D eigenvalue weighted by molar-refractivity contribution is 7.80. The first kappa shape index (κ1) is 13.1. The number of allylic oxidation sites excluding steroid dienone is 1. The van der Waals surface area contributed by atoms with Gasteiger partial charge in [-0.2, -0.15) is 0 Å². The number of ether oxygens (including phenoxy) is 2. The molecule has 0 N–H and O–H groups in total. The van der Waals surface area contributed by atoms with Gasteiger partial charge >= 0.3 is 5.97 Å². The van der Waals surface area contributed by atoms with Crippen LogP contribution in [0.25, 0.3) is 0 Å². The SMILES string of the molecule is CCC=C(C(=O)OCC)C(=S)OCC. The normalized spacial score (nSPS) is 10.9. The van der Waals surface area contributed by atoms with Crippen molar-refractivity contribution in [3.05, 3.63) is 11.6 Å². The molecule has 0 saturated carbocycles. The van der Waals surface area contributed by atoms with Crippen LogP contribution in [0.15, 0.2) is 11.6 Å². The summed E-state index contributed by atoms with van der Waals surface area (Å²) < 4.78 is 9.94. The maximum Gasteiger partial charge on any atom is 0.342 e. The van der Waals surface area contributed by atoms with Crippen LogP contribution in [0.2, 0.25) is 0 Å². The minimum atomic E-state index is -0.409. The molecule has 0 bridgehead atoms. The van der Waals surface area contributed by atoms with Crippen LogP contribution < -0.4 is 0 Å². The number of thiocarbonyl (C=S) groups is 1. The number of carbonyl (C=O) groups is 1. The van der Waals surface area contributed by atoms with Gasteiger partial charge in [0.1, 0.15) is 5.57 Å². The number of hydrogen-bond acceptors (Lipinski definition) is 4. The van der Waals surface area contributed by atoms with Crippen molar-refractivity contribution in [3.8, 4) is 0 Å². The molecule has 0 radical (unpaired) electrons. The molecule has 0 spiro atoms. The molecule has 0 amide bonds. The maximum absolute atomic E-state index is 11.4. The average molecular weight is 216 g/mol. The van der Waals surface area contributed by atoms with E-state index in [-0.39, 0.29) is 5.05 Å². The van der Waals surface area contributed by atoms with Crippen LogP contribution in [0.1, 0.15) is 27.2 Å². The van der Waals surface area contributed by atoms with E-state index in [1.54, 1.807) is 13.0 Å². The lowest BCUT2D eigenvalue weighted by Gasteiger charge is -2.08. The maximum atomic E-state index is 11.4. The number of hydrogen-bond donors (Lipinski definition) is 0. The fourth-order valence-electron chi connectivity index (χ4n) is 0.872. The molecule has 0 unspecified atom stereocenters. The van der Waals surface area contributed by atoms with E-state index < -0.39 is 5.97 Å². The number of esters is 1. The lowest BCUT2D eigenvalue weighted by Crippen LogP contribution is -2.16. The van der Waals surface area contributed by atoms with E-state index in [0.717, 1.165) is 6.42 Å². The molecule has 0 atom stereocenters. The van der Waals surface area contributed by atoms with Gasteiger partial charge in [-0.3, -0.25) is 0 Å². The monoisotopic (exact) mass is 216 g/mol. The van der Waals surface area contributed by atoms with Gasteiger partial charge in [0, 0.05) is 0 Å². The molecule has 0 fully saturated rings. The van der Waals surface area contributed by atoms with E-state index in [1.165, 1.54) is 0 Å². The molecule has 0 rings (SSSR count). The predicted octanol–water partition coefficient (Wildman–Crippen LogP) is 2.25. The lowest BCUT2D eigenvalue weighted by atomic mass is 10.2. The summed E-state index contributed by atoms with van der Waals surface area (Å²) in [6, 6.07) is 0. The van der Waals surface area contributed by atoms with Crippen molar-refractivity contribution < 1.29 is 14.3 Å². The Balaban J connectivity index is 4.51. The highest BCUT2D eigenvalue weighted by Gasteiger charge is 2.15. The van der Waals surface area contributed by atoms with Crippen LogP contribution in [0, 0.1) is 0 Å². The van der Waals surface area contributed by atoms with Crippen molar-refractivity contribution in [1.82, 2.24) is 0 Å². The van der Waals surface area contributed by atoms with Crippen LogP contribution in [0.4, 0.5) is 0 Å². The second kappa shape index (κ2) is 7.50. The van der Waals surface area contributed by atoms with Crippen LogP contribution in [0.5, 0.6) is 0 Å². The summed E-state index contributed by atoms with van der Waals surface area (Å²) in [6.07, 6.45) is 2.44. The second-order valence-electron chi connectivity index (χ2n) is 2.47. The highest BCUT2D eigenvalue weighted by Crippen LogP contribution is 2.05. The van der Waals surface area contributed by atoms with Gasteiger partial charge in [0.05, 0.1) is 13.2 Å². The number of rotatable bonds is 5. The van der Waals surface area contributed by atoms with Crippen molar-refractivity contribution in [2.24, 2.45) is 0 Å². The first-order chi connectivity index (χ1) is 6.67. The zero-order valence-electron chi connectivity index (χ0n) is 8.83. The Morgan fingerprint density at radius 2 is 1.79 bits per heavy atom. The summed E-state index contributed by atoms with van der Waals surface area (Å²) in [5.74, 6) is -0.409. The minimum absolute atomic E-state index is 0.216. The van der Waals surface area contributed by atoms with Crippen molar-refractivity contribution in [1.29, 1.82) is 0 Å². The van der Waals surface area contributed by atoms with Crippen LogP contribution >= 0.6 is 12.2 Å². The van der Waals surface area contributed by atoms with Gasteiger partial charge in [-0.15, -0.1) is 0 Å². The van der Waals surface area contributed by atoms with Crippen molar-refractivity contribution >= 4 is 23.2 Å². The van der Waals surface area contributed by atoms with Crippen molar-refractivity contribution in [3.63, 3.8) is 0 Å². The molecule has 4 heteroatoms. The molecular weight excluding hydrogens is 200 g/mol. The first-order valence-electron chi connectivity index (χ1n) is 4.71. The first-order valence-corrected chi connectivity index (χ1v) is 5.12. The molecule has 0 heterocycles. The molecule has 0 aromatic carbocycles. The Morgan fingerprint density at radius 1 is 1.21 bits per heavy atom. The van der Waals surface area contributed by atoms with Crippen molar-refractivity contribution in [2.75, 3.05) is 13.2 Å². The minimum Gasteiger partial charge on any atom is -0.483 e. The zero-order chi connectivity index (χ0) is 11.0. The summed E-state index contributed by atoms with van der Waals surface area (Å²) in [7, 11) is 0. The third-order valence-corrected chi connectivity index (χ3v) is 1.74. The van der Waals surface area contributed by atoms with E-state index in [9.17, 15) is 4.79 Å². The fourth-order valence-corrected chi connectivity index (χ4v) is 1.16. The largest absolute Gasteiger partial charge is 0.483 e. The molecule has 0 aromatic rings. The Labute approximate surface area is 90.1 Å². The fraction of sp³-hybridized carbons (Fsp3) is 0.600. The zero-order valence-corrected chi connectivity index (χ0v) is 9.65. The lowest BCUT2D eigenvalue weighted by molar-refractivity contribution is -0.138. The van der Waals surface area contributed by atoms with Gasteiger partial charge in [-0.25, -0.2) is 4.79 Å². The summed E-state index contributed by atoms with van der Waals surface area (Å²) in [5, 5.41) is 0.216. The summed E-state index contributed by atoms with van der Waals surface area (Å²) in [5.41, 5.74) is 0.353. The molecule has 0 aliphatic rings. The third-order valence-electron chi connectivity index (χ3n) is 1.40. The van der Waals surface area contributed by atoms with Gasteiger partial charge in [0.15, 0.2) is 5.05 Å². The van der Waals surface area contributed by atoms with Gasteiger partial charge in [0.25, 0.3) is 0 Å². The Bertz CT molecular complexity index is 214. The van der Waals surface area contributed by atoms with Gasteiger partial charge in [-0.1, -0.05) is 13.0 Å². The molecule has 0 aliphatic heterocycles. The third kappa shape index (κ3) is 4.37. The molecule has 0 saturated heterocycles. The predicted molar refractivity (Wildman–Crippen MR) is 59.2 cm³/mol. The molecular formula is C10H16O3S. The molecule has 3 nitrogen and oxygen atoms in total. The second-order valence-corrected chi connectivity index (χ2v) is 2.84. The quantitative estimate of drug-likeness (QED) is 0.401. The van der Waals surface area contributed by atoms with E-state index in [1.807, 2.05) is 13.8 Å². The summed E-state index contributed by atoms with van der Waals surface area (Å²) >= 11 is 4.94. The summed E-state index contributed by atoms with van der Waals surface area (Å²) in [4.78, 5) is 11.4. The Kier molecular flexibility index (Phi) is 7.02. The van der Waals surface area contributed by atoms with Crippen LogP contribution in [0.3, 0.4) is 0 Å². The summed E-state index contributed by atoms with van der Waals surface area (Å²) in [6.45, 7) is 6.30. The van der Waals surface area contributed by atoms with Crippen molar-refractivity contribution in [2.45, 2.75) is 27.2 Å². The van der Waals surface area contributed by atoms with Crippen LogP contribution in [-0.4, -0.2) is 24.2 Å². The van der Waals surface area contributed by atoms with Gasteiger partial charge in [-0.05, 0) is 32.5 Å². The van der Waals surface area contributed by atoms with Gasteiger partial charge in [0.2, 0.25) is 0 Å². The molecule has 80 valence electrons. The highest BCUT2D eigenvalue weighted by atomic mass is 32.1. The Hall–Kier alpha value is -0.900. The van der Waals surface area contributed by atoms with E-state index in [0.29, 0.717) is 18.8 Å². The average Bonchev–Trinajstić information content (AvgIpc) is 2.14. The van der Waals surface area contributed by atoms with Gasteiger partial charge < -0.3 is 9.47 Å². The topological polar surface area (TPSA) is 35.5 Å². The smallest absolute Gasteiger partial charge is 0.342 e. The van der Waals surface area contributed by atoms with E-state index >= 15 is 0 Å². The molecule has 0 aromatic heterocycles. The van der Waals surface area contributed by atoms with E-state index in [4.69, 9.17) is 21.7 Å². The number of carbonyl (C=O) groups excluding carboxylic acids is 1. The molecule has 14 heavy (non-hydrogen) atoms. The standard InChI is InChI=1S/C10H16O3S/c1-4-7-8(9(11)12-5-2)10(14)13-6-3/h7H,4-6H2,1-3H3. The van der Waals surface area contributed by atoms with E-state index in [2.05, 4.69) is 0 Å².